The Labute approximate surface area is 133 Å². The highest BCUT2D eigenvalue weighted by Gasteiger charge is 2.24. The second-order valence-electron chi connectivity index (χ2n) is 5.48. The number of nitrogens with one attached hydrogen (secondary N) is 1. The van der Waals surface area contributed by atoms with Crippen LogP contribution >= 0.6 is 0 Å². The third-order valence-electron chi connectivity index (χ3n) is 4.15. The second kappa shape index (κ2) is 5.68. The Balaban J connectivity index is 1.50. The van der Waals surface area contributed by atoms with Crippen molar-refractivity contribution >= 4 is 22.6 Å². The van der Waals surface area contributed by atoms with Gasteiger partial charge in [-0.2, -0.15) is 5.10 Å². The van der Waals surface area contributed by atoms with E-state index < -0.39 is 0 Å². The third-order valence-corrected chi connectivity index (χ3v) is 4.15. The van der Waals surface area contributed by atoms with Crippen LogP contribution < -0.4 is 4.90 Å². The Morgan fingerprint density at radius 3 is 2.74 bits per heavy atom. The zero-order chi connectivity index (χ0) is 15.6. The predicted octanol–water partition coefficient (Wildman–Crippen LogP) is 1.32. The van der Waals surface area contributed by atoms with Gasteiger partial charge in [-0.25, -0.2) is 4.98 Å². The van der Waals surface area contributed by atoms with E-state index in [9.17, 15) is 4.79 Å². The first kappa shape index (κ1) is 13.7. The van der Waals surface area contributed by atoms with Crippen molar-refractivity contribution < 1.29 is 4.79 Å². The molecule has 7 nitrogen and oxygen atoms in total. The van der Waals surface area contributed by atoms with Gasteiger partial charge in [-0.05, 0) is 6.07 Å². The summed E-state index contributed by atoms with van der Waals surface area (Å²) in [6, 6.07) is 5.68. The van der Waals surface area contributed by atoms with Crippen molar-refractivity contribution in [2.45, 2.75) is 0 Å². The minimum absolute atomic E-state index is 0.0404. The molecule has 1 fully saturated rings. The normalized spacial score (nSPS) is 15.1. The van der Waals surface area contributed by atoms with Crippen molar-refractivity contribution in [3.8, 4) is 0 Å². The maximum absolute atomic E-state index is 12.8. The highest BCUT2D eigenvalue weighted by Crippen LogP contribution is 2.19. The SMILES string of the molecule is O=C(c1cccc2cn[nH]c12)N1CCN(c2cnccn2)CC1. The number of para-hydroxylation sites is 1. The summed E-state index contributed by atoms with van der Waals surface area (Å²) in [6.45, 7) is 2.84. The second-order valence-corrected chi connectivity index (χ2v) is 5.48. The van der Waals surface area contributed by atoms with Gasteiger partial charge in [-0.3, -0.25) is 14.9 Å². The Morgan fingerprint density at radius 1 is 1.09 bits per heavy atom. The number of rotatable bonds is 2. The lowest BCUT2D eigenvalue weighted by Gasteiger charge is -2.35. The van der Waals surface area contributed by atoms with Gasteiger partial charge < -0.3 is 9.80 Å². The highest BCUT2D eigenvalue weighted by atomic mass is 16.2. The number of fused-ring (bicyclic) bond motifs is 1. The van der Waals surface area contributed by atoms with Gasteiger partial charge >= 0.3 is 0 Å². The Hall–Kier alpha value is -2.96. The summed E-state index contributed by atoms with van der Waals surface area (Å²) in [5.41, 5.74) is 1.47. The van der Waals surface area contributed by atoms with Crippen LogP contribution in [0.25, 0.3) is 10.9 Å². The van der Waals surface area contributed by atoms with Crippen LogP contribution in [0.1, 0.15) is 10.4 Å². The molecule has 1 aromatic carbocycles. The molecule has 1 saturated heterocycles. The van der Waals surface area contributed by atoms with E-state index in [4.69, 9.17) is 0 Å². The smallest absolute Gasteiger partial charge is 0.256 e. The average Bonchev–Trinajstić information content (AvgIpc) is 3.11. The van der Waals surface area contributed by atoms with Gasteiger partial charge in [0.05, 0.1) is 23.5 Å². The molecule has 1 aliphatic rings. The number of anilines is 1. The zero-order valence-electron chi connectivity index (χ0n) is 12.5. The number of hydrogen-bond acceptors (Lipinski definition) is 5. The fraction of sp³-hybridized carbons (Fsp3) is 0.250. The van der Waals surface area contributed by atoms with Crippen molar-refractivity contribution in [1.29, 1.82) is 0 Å². The first-order valence-corrected chi connectivity index (χ1v) is 7.55. The number of piperazine rings is 1. The molecule has 1 N–H and O–H groups in total. The summed E-state index contributed by atoms with van der Waals surface area (Å²) < 4.78 is 0. The van der Waals surface area contributed by atoms with Crippen LogP contribution in [0.2, 0.25) is 0 Å². The number of nitrogens with zero attached hydrogens (tertiary/aromatic N) is 5. The summed E-state index contributed by atoms with van der Waals surface area (Å²) in [4.78, 5) is 25.2. The Bertz CT molecular complexity index is 823. The summed E-state index contributed by atoms with van der Waals surface area (Å²) in [5, 5.41) is 7.89. The van der Waals surface area contributed by atoms with Crippen LogP contribution in [-0.4, -0.2) is 57.2 Å². The van der Waals surface area contributed by atoms with Crippen LogP contribution in [0, 0.1) is 0 Å². The predicted molar refractivity (Wildman–Crippen MR) is 86.2 cm³/mol. The molecule has 0 aliphatic carbocycles. The maximum atomic E-state index is 12.8. The van der Waals surface area contributed by atoms with E-state index in [0.717, 1.165) is 29.8 Å². The molecule has 2 aromatic heterocycles. The summed E-state index contributed by atoms with van der Waals surface area (Å²) in [5.74, 6) is 0.897. The van der Waals surface area contributed by atoms with Gasteiger partial charge in [0.1, 0.15) is 5.82 Å². The quantitative estimate of drug-likeness (QED) is 0.772. The van der Waals surface area contributed by atoms with Crippen molar-refractivity contribution in [3.63, 3.8) is 0 Å². The fourth-order valence-corrected chi connectivity index (χ4v) is 2.91. The standard InChI is InChI=1S/C16H16N6O/c23-16(13-3-1-2-12-10-19-20-15(12)13)22-8-6-21(7-9-22)14-11-17-4-5-18-14/h1-5,10-11H,6-9H2,(H,19,20). The van der Waals surface area contributed by atoms with Gasteiger partial charge in [0, 0.05) is 44.0 Å². The maximum Gasteiger partial charge on any atom is 0.256 e. The third kappa shape index (κ3) is 2.50. The molecule has 0 bridgehead atoms. The first-order chi connectivity index (χ1) is 11.3. The van der Waals surface area contributed by atoms with Crippen LogP contribution in [0.15, 0.2) is 43.0 Å². The first-order valence-electron chi connectivity index (χ1n) is 7.55. The number of carbonyl (C=O) groups is 1. The number of amides is 1. The van der Waals surface area contributed by atoms with Crippen molar-refractivity contribution in [1.82, 2.24) is 25.1 Å². The Morgan fingerprint density at radius 2 is 1.96 bits per heavy atom. The van der Waals surface area contributed by atoms with Crippen LogP contribution in [0.3, 0.4) is 0 Å². The molecule has 3 aromatic rings. The lowest BCUT2D eigenvalue weighted by atomic mass is 10.1. The molecule has 0 spiro atoms. The van der Waals surface area contributed by atoms with E-state index in [1.54, 1.807) is 24.8 Å². The van der Waals surface area contributed by atoms with Gasteiger partial charge in [0.2, 0.25) is 0 Å². The van der Waals surface area contributed by atoms with E-state index in [0.29, 0.717) is 18.7 Å². The molecule has 1 aliphatic heterocycles. The molecule has 3 heterocycles. The van der Waals surface area contributed by atoms with E-state index in [-0.39, 0.29) is 5.91 Å². The zero-order valence-corrected chi connectivity index (χ0v) is 12.5. The van der Waals surface area contributed by atoms with Gasteiger partial charge in [-0.1, -0.05) is 12.1 Å². The summed E-state index contributed by atoms with van der Waals surface area (Å²) in [6.07, 6.45) is 6.83. The largest absolute Gasteiger partial charge is 0.352 e. The minimum Gasteiger partial charge on any atom is -0.352 e. The lowest BCUT2D eigenvalue weighted by molar-refractivity contribution is 0.0748. The molecule has 0 unspecified atom stereocenters. The number of benzene rings is 1. The molecule has 4 rings (SSSR count). The van der Waals surface area contributed by atoms with Crippen LogP contribution in [0.4, 0.5) is 5.82 Å². The van der Waals surface area contributed by atoms with E-state index in [1.807, 2.05) is 23.1 Å². The highest BCUT2D eigenvalue weighted by molar-refractivity contribution is 6.05. The fourth-order valence-electron chi connectivity index (χ4n) is 2.91. The molecule has 0 saturated carbocycles. The summed E-state index contributed by atoms with van der Waals surface area (Å²) in [7, 11) is 0. The van der Waals surface area contributed by atoms with Gasteiger partial charge in [0.25, 0.3) is 5.91 Å². The summed E-state index contributed by atoms with van der Waals surface area (Å²) >= 11 is 0. The molecule has 1 amide bonds. The number of H-pyrrole nitrogens is 1. The molecule has 0 radical (unpaired) electrons. The minimum atomic E-state index is 0.0404. The molecular formula is C16H16N6O. The van der Waals surface area contributed by atoms with E-state index >= 15 is 0 Å². The molecule has 23 heavy (non-hydrogen) atoms. The lowest BCUT2D eigenvalue weighted by Crippen LogP contribution is -2.49. The Kier molecular flexibility index (Phi) is 3.38. The van der Waals surface area contributed by atoms with Crippen LogP contribution in [-0.2, 0) is 0 Å². The van der Waals surface area contributed by atoms with Crippen molar-refractivity contribution in [2.24, 2.45) is 0 Å². The molecule has 7 heteroatoms. The van der Waals surface area contributed by atoms with E-state index in [1.165, 1.54) is 0 Å². The number of hydrogen-bond donors (Lipinski definition) is 1. The number of aromatic amines is 1. The average molecular weight is 308 g/mol. The van der Waals surface area contributed by atoms with Crippen molar-refractivity contribution in [2.75, 3.05) is 31.1 Å². The monoisotopic (exact) mass is 308 g/mol. The molecule has 116 valence electrons. The number of carbonyl (C=O) groups excluding carboxylic acids is 1. The van der Waals surface area contributed by atoms with Gasteiger partial charge in [0.15, 0.2) is 0 Å². The number of aromatic nitrogens is 4. The topological polar surface area (TPSA) is 78.0 Å². The molecule has 0 atom stereocenters. The van der Waals surface area contributed by atoms with E-state index in [2.05, 4.69) is 25.1 Å². The molecular weight excluding hydrogens is 292 g/mol. The van der Waals surface area contributed by atoms with Gasteiger partial charge in [-0.15, -0.1) is 0 Å². The van der Waals surface area contributed by atoms with Crippen molar-refractivity contribution in [3.05, 3.63) is 48.5 Å². The van der Waals surface area contributed by atoms with Crippen LogP contribution in [0.5, 0.6) is 0 Å².